The van der Waals surface area contributed by atoms with Crippen LogP contribution in [0.4, 0.5) is 0 Å². The molecule has 2 heterocycles. The van der Waals surface area contributed by atoms with Crippen LogP contribution in [0.3, 0.4) is 0 Å². The minimum atomic E-state index is 0.216. The molecule has 1 aromatic carbocycles. The van der Waals surface area contributed by atoms with E-state index in [0.29, 0.717) is 5.89 Å². The zero-order chi connectivity index (χ0) is 13.2. The summed E-state index contributed by atoms with van der Waals surface area (Å²) in [5.74, 6) is 3.60. The smallest absolute Gasteiger partial charge is 0.257 e. The minimum absolute atomic E-state index is 0.216. The van der Waals surface area contributed by atoms with Crippen molar-refractivity contribution >= 4 is 11.8 Å². The molecule has 19 heavy (non-hydrogen) atoms. The van der Waals surface area contributed by atoms with Gasteiger partial charge in [0.1, 0.15) is 5.75 Å². The van der Waals surface area contributed by atoms with Gasteiger partial charge in [0, 0.05) is 23.6 Å². The molecule has 5 nitrogen and oxygen atoms in total. The van der Waals surface area contributed by atoms with Gasteiger partial charge in [0.15, 0.2) is 5.82 Å². The molecule has 3 rings (SSSR count). The summed E-state index contributed by atoms with van der Waals surface area (Å²) in [4.78, 5) is 6.72. The number of aromatic hydroxyl groups is 1. The summed E-state index contributed by atoms with van der Waals surface area (Å²) >= 11 is 1.91. The first-order valence-electron chi connectivity index (χ1n) is 6.15. The van der Waals surface area contributed by atoms with Gasteiger partial charge in [-0.05, 0) is 31.3 Å². The molecule has 1 aliphatic heterocycles. The standard InChI is InChI=1S/C13H15N3O2S/c1-16-6-7-19-8-11(16)12-14-13(18-15-12)9-2-4-10(17)5-3-9/h2-5,11,17H,6-8H2,1H3. The molecule has 1 atom stereocenters. The number of phenolic OH excluding ortho intramolecular Hbond substituents is 1. The van der Waals surface area contributed by atoms with E-state index in [-0.39, 0.29) is 11.8 Å². The zero-order valence-corrected chi connectivity index (χ0v) is 11.4. The molecule has 6 heteroatoms. The summed E-state index contributed by atoms with van der Waals surface area (Å²) in [6.45, 7) is 1.04. The monoisotopic (exact) mass is 277 g/mol. The Balaban J connectivity index is 1.84. The molecular weight excluding hydrogens is 262 g/mol. The maximum Gasteiger partial charge on any atom is 0.257 e. The van der Waals surface area contributed by atoms with Gasteiger partial charge in [-0.2, -0.15) is 16.7 Å². The van der Waals surface area contributed by atoms with Crippen LogP contribution in [-0.4, -0.2) is 45.2 Å². The van der Waals surface area contributed by atoms with Crippen LogP contribution in [0.5, 0.6) is 5.75 Å². The molecule has 1 saturated heterocycles. The Kier molecular flexibility index (Phi) is 3.44. The van der Waals surface area contributed by atoms with Crippen LogP contribution in [0, 0.1) is 0 Å². The number of aromatic nitrogens is 2. The lowest BCUT2D eigenvalue weighted by Gasteiger charge is -2.29. The summed E-state index contributed by atoms with van der Waals surface area (Å²) in [7, 11) is 2.08. The Bertz CT molecular complexity index is 555. The number of hydrogen-bond donors (Lipinski definition) is 1. The first-order chi connectivity index (χ1) is 9.24. The highest BCUT2D eigenvalue weighted by atomic mass is 32.2. The Morgan fingerprint density at radius 3 is 2.89 bits per heavy atom. The van der Waals surface area contributed by atoms with E-state index in [2.05, 4.69) is 22.1 Å². The molecule has 1 N–H and O–H groups in total. The molecule has 0 amide bonds. The SMILES string of the molecule is CN1CCSCC1c1noc(-c2ccc(O)cc2)n1. The van der Waals surface area contributed by atoms with Crippen LogP contribution < -0.4 is 0 Å². The lowest BCUT2D eigenvalue weighted by Crippen LogP contribution is -2.33. The summed E-state index contributed by atoms with van der Waals surface area (Å²) < 4.78 is 5.31. The average Bonchev–Trinajstić information content (AvgIpc) is 2.89. The molecule has 1 unspecified atom stereocenters. The second-order valence-electron chi connectivity index (χ2n) is 4.58. The van der Waals surface area contributed by atoms with Gasteiger partial charge in [-0.3, -0.25) is 4.90 Å². The molecule has 0 aliphatic carbocycles. The van der Waals surface area contributed by atoms with Crippen molar-refractivity contribution in [1.29, 1.82) is 0 Å². The summed E-state index contributed by atoms with van der Waals surface area (Å²) in [5, 5.41) is 13.4. The fraction of sp³-hybridized carbons (Fsp3) is 0.385. The third-order valence-corrected chi connectivity index (χ3v) is 4.27. The number of benzene rings is 1. The number of rotatable bonds is 2. The van der Waals surface area contributed by atoms with E-state index in [1.807, 2.05) is 11.8 Å². The normalized spacial score (nSPS) is 20.6. The van der Waals surface area contributed by atoms with Crippen LogP contribution in [0.15, 0.2) is 28.8 Å². The zero-order valence-electron chi connectivity index (χ0n) is 10.6. The van der Waals surface area contributed by atoms with Crippen LogP contribution in [0.25, 0.3) is 11.5 Å². The van der Waals surface area contributed by atoms with E-state index in [0.717, 1.165) is 29.4 Å². The van der Waals surface area contributed by atoms with Crippen LogP contribution in [0.1, 0.15) is 11.9 Å². The highest BCUT2D eigenvalue weighted by molar-refractivity contribution is 7.99. The van der Waals surface area contributed by atoms with E-state index in [9.17, 15) is 5.11 Å². The quantitative estimate of drug-likeness (QED) is 0.907. The van der Waals surface area contributed by atoms with E-state index in [1.165, 1.54) is 0 Å². The highest BCUT2D eigenvalue weighted by Gasteiger charge is 2.25. The topological polar surface area (TPSA) is 62.4 Å². The predicted molar refractivity (Wildman–Crippen MR) is 74.1 cm³/mol. The third-order valence-electron chi connectivity index (χ3n) is 3.25. The maximum atomic E-state index is 9.27. The number of hydrogen-bond acceptors (Lipinski definition) is 6. The van der Waals surface area contributed by atoms with Crippen molar-refractivity contribution < 1.29 is 9.63 Å². The molecule has 0 radical (unpaired) electrons. The summed E-state index contributed by atoms with van der Waals surface area (Å²) in [6.07, 6.45) is 0. The molecule has 1 fully saturated rings. The van der Waals surface area contributed by atoms with Gasteiger partial charge in [-0.1, -0.05) is 5.16 Å². The van der Waals surface area contributed by atoms with E-state index >= 15 is 0 Å². The van der Waals surface area contributed by atoms with Gasteiger partial charge in [0.25, 0.3) is 5.89 Å². The molecular formula is C13H15N3O2S. The molecule has 0 spiro atoms. The minimum Gasteiger partial charge on any atom is -0.508 e. The Hall–Kier alpha value is -1.53. The Morgan fingerprint density at radius 2 is 2.16 bits per heavy atom. The van der Waals surface area contributed by atoms with E-state index < -0.39 is 0 Å². The first kappa shape index (κ1) is 12.5. The van der Waals surface area contributed by atoms with E-state index in [4.69, 9.17) is 4.52 Å². The fourth-order valence-corrected chi connectivity index (χ4v) is 3.26. The van der Waals surface area contributed by atoms with Gasteiger partial charge in [0.05, 0.1) is 6.04 Å². The Morgan fingerprint density at radius 1 is 1.37 bits per heavy atom. The van der Waals surface area contributed by atoms with Crippen molar-refractivity contribution in [3.05, 3.63) is 30.1 Å². The summed E-state index contributed by atoms with van der Waals surface area (Å²) in [6, 6.07) is 6.98. The first-order valence-corrected chi connectivity index (χ1v) is 7.30. The predicted octanol–water partition coefficient (Wildman–Crippen LogP) is 2.16. The number of thioether (sulfide) groups is 1. The lowest BCUT2D eigenvalue weighted by molar-refractivity contribution is 0.257. The van der Waals surface area contributed by atoms with Gasteiger partial charge >= 0.3 is 0 Å². The molecule has 0 saturated carbocycles. The molecule has 100 valence electrons. The third kappa shape index (κ3) is 2.59. The van der Waals surface area contributed by atoms with E-state index in [1.54, 1.807) is 24.3 Å². The van der Waals surface area contributed by atoms with Crippen LogP contribution in [-0.2, 0) is 0 Å². The lowest BCUT2D eigenvalue weighted by atomic mass is 10.2. The summed E-state index contributed by atoms with van der Waals surface area (Å²) in [5.41, 5.74) is 0.822. The molecule has 1 aliphatic rings. The van der Waals surface area contributed by atoms with Crippen molar-refractivity contribution in [2.24, 2.45) is 0 Å². The number of nitrogens with zero attached hydrogens (tertiary/aromatic N) is 3. The van der Waals surface area contributed by atoms with Crippen LogP contribution in [0.2, 0.25) is 0 Å². The molecule has 1 aromatic heterocycles. The number of phenols is 1. The Labute approximate surface area is 115 Å². The van der Waals surface area contributed by atoms with Crippen molar-refractivity contribution in [3.8, 4) is 17.2 Å². The largest absolute Gasteiger partial charge is 0.508 e. The maximum absolute atomic E-state index is 9.27. The molecule has 2 aromatic rings. The second-order valence-corrected chi connectivity index (χ2v) is 5.73. The van der Waals surface area contributed by atoms with Crippen molar-refractivity contribution in [1.82, 2.24) is 15.0 Å². The average molecular weight is 277 g/mol. The van der Waals surface area contributed by atoms with Gasteiger partial charge in [-0.25, -0.2) is 0 Å². The van der Waals surface area contributed by atoms with Gasteiger partial charge in [-0.15, -0.1) is 0 Å². The van der Waals surface area contributed by atoms with Gasteiger partial charge in [0.2, 0.25) is 0 Å². The van der Waals surface area contributed by atoms with Crippen molar-refractivity contribution in [3.63, 3.8) is 0 Å². The van der Waals surface area contributed by atoms with Crippen molar-refractivity contribution in [2.75, 3.05) is 25.1 Å². The molecule has 0 bridgehead atoms. The highest BCUT2D eigenvalue weighted by Crippen LogP contribution is 2.28. The second kappa shape index (κ2) is 5.22. The fourth-order valence-electron chi connectivity index (χ4n) is 2.05. The van der Waals surface area contributed by atoms with Gasteiger partial charge < -0.3 is 9.63 Å². The van der Waals surface area contributed by atoms with Crippen LogP contribution >= 0.6 is 11.8 Å². The van der Waals surface area contributed by atoms with Crippen molar-refractivity contribution in [2.45, 2.75) is 6.04 Å².